The van der Waals surface area contributed by atoms with E-state index in [1.807, 2.05) is 11.9 Å². The van der Waals surface area contributed by atoms with Crippen LogP contribution in [0.2, 0.25) is 10.0 Å². The topological polar surface area (TPSA) is 41.6 Å². The van der Waals surface area contributed by atoms with Crippen LogP contribution in [0.4, 0.5) is 5.69 Å². The van der Waals surface area contributed by atoms with Crippen molar-refractivity contribution >= 4 is 34.8 Å². The minimum absolute atomic E-state index is 0.121. The Hall–Kier alpha value is -0.810. The minimum atomic E-state index is -0.121. The fourth-order valence-electron chi connectivity index (χ4n) is 1.59. The van der Waals surface area contributed by atoms with E-state index in [4.69, 9.17) is 27.9 Å². The molecule has 1 amide bonds. The van der Waals surface area contributed by atoms with Crippen molar-refractivity contribution in [1.29, 1.82) is 0 Å². The zero-order valence-corrected chi connectivity index (χ0v) is 12.6. The Bertz CT molecular complexity index is 427. The predicted molar refractivity (Wildman–Crippen MR) is 79.1 cm³/mol. The summed E-state index contributed by atoms with van der Waals surface area (Å²) < 4.78 is 4.96. The SMILES string of the molecule is COCCCN(C)CC(=O)Nc1cc(Cl)ccc1Cl. The van der Waals surface area contributed by atoms with E-state index >= 15 is 0 Å². The minimum Gasteiger partial charge on any atom is -0.385 e. The molecular formula is C13H18Cl2N2O2. The normalized spacial score (nSPS) is 10.8. The molecule has 0 spiro atoms. The predicted octanol–water partition coefficient (Wildman–Crippen LogP) is 2.90. The molecule has 1 aromatic rings. The first-order valence-electron chi connectivity index (χ1n) is 5.95. The first-order valence-corrected chi connectivity index (χ1v) is 6.71. The summed E-state index contributed by atoms with van der Waals surface area (Å²) in [5, 5.41) is 3.75. The summed E-state index contributed by atoms with van der Waals surface area (Å²) in [5.41, 5.74) is 0.532. The number of carbonyl (C=O) groups is 1. The molecule has 0 bridgehead atoms. The van der Waals surface area contributed by atoms with Gasteiger partial charge in [-0.05, 0) is 31.7 Å². The fourth-order valence-corrected chi connectivity index (χ4v) is 1.92. The second-order valence-corrected chi connectivity index (χ2v) is 5.10. The van der Waals surface area contributed by atoms with Crippen molar-refractivity contribution in [3.8, 4) is 0 Å². The summed E-state index contributed by atoms with van der Waals surface area (Å²) in [7, 11) is 3.54. The van der Waals surface area contributed by atoms with Crippen molar-refractivity contribution in [1.82, 2.24) is 4.90 Å². The van der Waals surface area contributed by atoms with Crippen molar-refractivity contribution in [2.24, 2.45) is 0 Å². The molecule has 0 aromatic heterocycles. The third-order valence-electron chi connectivity index (χ3n) is 2.50. The van der Waals surface area contributed by atoms with Gasteiger partial charge in [-0.25, -0.2) is 0 Å². The lowest BCUT2D eigenvalue weighted by Gasteiger charge is -2.16. The number of halogens is 2. The first kappa shape index (κ1) is 16.2. The highest BCUT2D eigenvalue weighted by molar-refractivity contribution is 6.35. The molecule has 1 N–H and O–H groups in total. The molecule has 0 saturated carbocycles. The van der Waals surface area contributed by atoms with Crippen LogP contribution in [-0.4, -0.2) is 44.7 Å². The Balaban J connectivity index is 2.44. The molecule has 19 heavy (non-hydrogen) atoms. The highest BCUT2D eigenvalue weighted by atomic mass is 35.5. The van der Waals surface area contributed by atoms with Crippen LogP contribution < -0.4 is 5.32 Å². The van der Waals surface area contributed by atoms with Gasteiger partial charge in [-0.3, -0.25) is 9.69 Å². The third-order valence-corrected chi connectivity index (χ3v) is 3.07. The largest absolute Gasteiger partial charge is 0.385 e. The van der Waals surface area contributed by atoms with Gasteiger partial charge in [0.05, 0.1) is 17.3 Å². The van der Waals surface area contributed by atoms with Crippen LogP contribution in [0.15, 0.2) is 18.2 Å². The molecule has 6 heteroatoms. The van der Waals surface area contributed by atoms with Gasteiger partial charge in [0.15, 0.2) is 0 Å². The van der Waals surface area contributed by atoms with Gasteiger partial charge >= 0.3 is 0 Å². The molecule has 0 unspecified atom stereocenters. The molecule has 0 fully saturated rings. The van der Waals surface area contributed by atoms with E-state index in [0.29, 0.717) is 28.9 Å². The van der Waals surface area contributed by atoms with Gasteiger partial charge in [0.1, 0.15) is 0 Å². The van der Waals surface area contributed by atoms with E-state index in [-0.39, 0.29) is 5.91 Å². The number of carbonyl (C=O) groups excluding carboxylic acids is 1. The van der Waals surface area contributed by atoms with Gasteiger partial charge in [0.2, 0.25) is 5.91 Å². The van der Waals surface area contributed by atoms with Crippen molar-refractivity contribution in [2.45, 2.75) is 6.42 Å². The molecule has 0 aliphatic heterocycles. The van der Waals surface area contributed by atoms with E-state index in [9.17, 15) is 4.79 Å². The lowest BCUT2D eigenvalue weighted by molar-refractivity contribution is -0.117. The monoisotopic (exact) mass is 304 g/mol. The molecule has 1 rings (SSSR count). The average molecular weight is 305 g/mol. The van der Waals surface area contributed by atoms with Gasteiger partial charge in [0.25, 0.3) is 0 Å². The van der Waals surface area contributed by atoms with Gasteiger partial charge in [-0.1, -0.05) is 23.2 Å². The average Bonchev–Trinajstić information content (AvgIpc) is 2.34. The zero-order valence-electron chi connectivity index (χ0n) is 11.1. The van der Waals surface area contributed by atoms with Crippen LogP contribution in [-0.2, 0) is 9.53 Å². The Morgan fingerprint density at radius 1 is 1.42 bits per heavy atom. The molecule has 0 radical (unpaired) electrons. The number of rotatable bonds is 7. The van der Waals surface area contributed by atoms with Crippen molar-refractivity contribution in [3.63, 3.8) is 0 Å². The van der Waals surface area contributed by atoms with Crippen molar-refractivity contribution < 1.29 is 9.53 Å². The van der Waals surface area contributed by atoms with Gasteiger partial charge in [-0.2, -0.15) is 0 Å². The maximum absolute atomic E-state index is 11.8. The Labute approximate surface area is 123 Å². The lowest BCUT2D eigenvalue weighted by atomic mass is 10.3. The van der Waals surface area contributed by atoms with Gasteiger partial charge in [0, 0.05) is 25.3 Å². The Morgan fingerprint density at radius 2 is 2.16 bits per heavy atom. The molecule has 4 nitrogen and oxygen atoms in total. The molecule has 106 valence electrons. The molecule has 0 saturated heterocycles. The Morgan fingerprint density at radius 3 is 2.84 bits per heavy atom. The maximum Gasteiger partial charge on any atom is 0.238 e. The molecule has 0 aliphatic rings. The summed E-state index contributed by atoms with van der Waals surface area (Å²) in [5.74, 6) is -0.121. The summed E-state index contributed by atoms with van der Waals surface area (Å²) in [4.78, 5) is 13.8. The van der Waals surface area contributed by atoms with Gasteiger partial charge in [-0.15, -0.1) is 0 Å². The molecule has 1 aromatic carbocycles. The highest BCUT2D eigenvalue weighted by Crippen LogP contribution is 2.25. The number of nitrogens with one attached hydrogen (secondary N) is 1. The van der Waals surface area contributed by atoms with Crippen molar-refractivity contribution in [2.75, 3.05) is 39.2 Å². The summed E-state index contributed by atoms with van der Waals surface area (Å²) >= 11 is 11.8. The molecule has 0 aliphatic carbocycles. The van der Waals surface area contributed by atoms with E-state index in [1.54, 1.807) is 25.3 Å². The second-order valence-electron chi connectivity index (χ2n) is 4.26. The quantitative estimate of drug-likeness (QED) is 0.788. The standard InChI is InChI=1S/C13H18Cl2N2O2/c1-17(6-3-7-19-2)9-13(18)16-12-8-10(14)4-5-11(12)15/h4-5,8H,3,6-7,9H2,1-2H3,(H,16,18). The number of methoxy groups -OCH3 is 1. The number of benzene rings is 1. The smallest absolute Gasteiger partial charge is 0.238 e. The summed E-state index contributed by atoms with van der Waals surface area (Å²) in [6, 6.07) is 4.96. The number of anilines is 1. The number of nitrogens with zero attached hydrogens (tertiary/aromatic N) is 1. The van der Waals surface area contributed by atoms with Crippen molar-refractivity contribution in [3.05, 3.63) is 28.2 Å². The highest BCUT2D eigenvalue weighted by Gasteiger charge is 2.09. The molecule has 0 atom stereocenters. The number of amides is 1. The third kappa shape index (κ3) is 6.25. The van der Waals surface area contributed by atoms with Crippen LogP contribution in [0.25, 0.3) is 0 Å². The first-order chi connectivity index (χ1) is 9.02. The maximum atomic E-state index is 11.8. The van der Waals surface area contributed by atoms with Crippen LogP contribution >= 0.6 is 23.2 Å². The Kier molecular flexibility index (Phi) is 7.16. The number of hydrogen-bond acceptors (Lipinski definition) is 3. The van der Waals surface area contributed by atoms with E-state index in [1.165, 1.54) is 0 Å². The lowest BCUT2D eigenvalue weighted by Crippen LogP contribution is -2.31. The number of ether oxygens (including phenoxy) is 1. The van der Waals surface area contributed by atoms with Gasteiger partial charge < -0.3 is 10.1 Å². The summed E-state index contributed by atoms with van der Waals surface area (Å²) in [6.07, 6.45) is 0.887. The van der Waals surface area contributed by atoms with E-state index in [0.717, 1.165) is 13.0 Å². The molecule has 0 heterocycles. The number of hydrogen-bond donors (Lipinski definition) is 1. The number of likely N-dealkylation sites (N-methyl/N-ethyl adjacent to an activating group) is 1. The molecular weight excluding hydrogens is 287 g/mol. The fraction of sp³-hybridized carbons (Fsp3) is 0.462. The van der Waals surface area contributed by atoms with Crippen LogP contribution in [0.5, 0.6) is 0 Å². The second kappa shape index (κ2) is 8.38. The zero-order chi connectivity index (χ0) is 14.3. The van der Waals surface area contributed by atoms with Crippen LogP contribution in [0.1, 0.15) is 6.42 Å². The summed E-state index contributed by atoms with van der Waals surface area (Å²) in [6.45, 7) is 1.78. The van der Waals surface area contributed by atoms with E-state index < -0.39 is 0 Å². The van der Waals surface area contributed by atoms with E-state index in [2.05, 4.69) is 5.32 Å². The van der Waals surface area contributed by atoms with Crippen LogP contribution in [0, 0.1) is 0 Å². The van der Waals surface area contributed by atoms with Crippen LogP contribution in [0.3, 0.4) is 0 Å².